The van der Waals surface area contributed by atoms with Gasteiger partial charge in [-0.05, 0) is 100 Å². The van der Waals surface area contributed by atoms with Gasteiger partial charge in [-0.2, -0.15) is 0 Å². The summed E-state index contributed by atoms with van der Waals surface area (Å²) in [4.78, 5) is 0. The number of hydrogen-bond acceptors (Lipinski definition) is 1. The summed E-state index contributed by atoms with van der Waals surface area (Å²) in [7, 11) is 0. The van der Waals surface area contributed by atoms with Crippen molar-refractivity contribution < 1.29 is 45.5 Å². The molecule has 11 aromatic rings. The van der Waals surface area contributed by atoms with Crippen molar-refractivity contribution in [3.05, 3.63) is 192 Å². The van der Waals surface area contributed by atoms with Crippen LogP contribution in [0.15, 0.2) is 186 Å². The van der Waals surface area contributed by atoms with Crippen molar-refractivity contribution in [1.82, 2.24) is 0 Å². The summed E-state index contributed by atoms with van der Waals surface area (Å²) in [6, 6.07) is -26.6. The van der Waals surface area contributed by atoms with Crippen LogP contribution in [0.2, 0.25) is 0 Å². The minimum Gasteiger partial charge on any atom is -0.455 e. The van der Waals surface area contributed by atoms with Crippen LogP contribution < -0.4 is 0 Å². The Labute approximate surface area is 343 Å². The Bertz CT molecular complexity index is 4840. The van der Waals surface area contributed by atoms with Crippen LogP contribution in [0.25, 0.3) is 98.1 Å². The second kappa shape index (κ2) is 11.4. The molecule has 0 spiro atoms. The van der Waals surface area contributed by atoms with E-state index in [1.54, 1.807) is 0 Å². The van der Waals surface area contributed by atoms with Crippen LogP contribution in [0.5, 0.6) is 0 Å². The monoisotopic (exact) mass is 690 g/mol. The van der Waals surface area contributed by atoms with E-state index in [1.165, 1.54) is 0 Å². The van der Waals surface area contributed by atoms with Gasteiger partial charge < -0.3 is 4.42 Å². The average Bonchev–Trinajstić information content (AvgIpc) is 3.69. The summed E-state index contributed by atoms with van der Waals surface area (Å²) in [5, 5.41) is -6.47. The highest BCUT2D eigenvalue weighted by Gasteiger charge is 2.18. The van der Waals surface area contributed by atoms with E-state index in [2.05, 4.69) is 0 Å². The third-order valence-corrected chi connectivity index (χ3v) is 8.91. The fourth-order valence-corrected chi connectivity index (χ4v) is 6.69. The Kier molecular flexibility index (Phi) is 2.68. The fourth-order valence-electron chi connectivity index (χ4n) is 6.69. The third-order valence-electron chi connectivity index (χ3n) is 8.91. The zero-order valence-electron chi connectivity index (χ0n) is 56.1. The van der Waals surface area contributed by atoms with E-state index in [0.717, 1.165) is 0 Å². The van der Waals surface area contributed by atoms with Crippen LogP contribution in [0.1, 0.15) is 52.2 Å². The summed E-state index contributed by atoms with van der Waals surface area (Å²) >= 11 is 0. The summed E-state index contributed by atoms with van der Waals surface area (Å²) in [5.41, 5.74) is -5.15. The average molecular weight is 691 g/mol. The number of fused-ring (bicyclic) bond motifs is 10. The van der Waals surface area contributed by atoms with Crippen LogP contribution in [0.3, 0.4) is 0 Å². The molecule has 0 bridgehead atoms. The second-order valence-electron chi connectivity index (χ2n) is 11.6. The summed E-state index contributed by atoms with van der Waals surface area (Å²) < 4.78 is 277. The quantitative estimate of drug-likeness (QED) is 0.132. The van der Waals surface area contributed by atoms with E-state index < -0.39 is 297 Å². The molecule has 1 heteroatoms. The molecular formula is C51H32O. The lowest BCUT2D eigenvalue weighted by Crippen LogP contribution is -1.97. The van der Waals surface area contributed by atoms with Crippen molar-refractivity contribution in [3.63, 3.8) is 0 Å². The lowest BCUT2D eigenvalue weighted by atomic mass is 9.85. The predicted octanol–water partition coefficient (Wildman–Crippen LogP) is 14.3. The standard InChI is InChI=1S/C51H32O/c1-4-16-40-32(12-1)28-29-46-50-39(22-11-23-48(50)52-51(40)46)33-24-26-34(27-25-33)49-44-20-9-7-18-42(44)47(43-19-8-10-21-45(43)49)31-36-30-35-13-2-3-14-37(35)41-17-6-5-15-38(36)41/h1-30H,31H2/i1D,2D,3D,4D,5D,6D,7D,8D,9D,10D,11D,12D,13D,14D,15D,16D,17D,18D,19D,20D,21D,22D,23D,24D,25D,26D,27D,28D,29D,30D. The van der Waals surface area contributed by atoms with E-state index in [0.29, 0.717) is 0 Å². The van der Waals surface area contributed by atoms with Crippen molar-refractivity contribution in [2.45, 2.75) is 6.42 Å². The number of hydrogen-bond donors (Lipinski definition) is 0. The molecule has 242 valence electrons. The maximum absolute atomic E-state index is 9.76. The Morgan fingerprint density at radius 2 is 0.981 bits per heavy atom. The van der Waals surface area contributed by atoms with Gasteiger partial charge in [0, 0.05) is 16.2 Å². The Balaban J connectivity index is 1.33. The summed E-state index contributed by atoms with van der Waals surface area (Å²) in [5.74, 6) is 0. The number of benzene rings is 10. The predicted molar refractivity (Wildman–Crippen MR) is 221 cm³/mol. The molecule has 0 atom stereocenters. The molecule has 0 N–H and O–H groups in total. The first-order chi connectivity index (χ1) is 38.3. The molecule has 0 fully saturated rings. The summed E-state index contributed by atoms with van der Waals surface area (Å²) in [6.45, 7) is 0. The third kappa shape index (κ3) is 4.36. The van der Waals surface area contributed by atoms with Gasteiger partial charge in [0.2, 0.25) is 0 Å². The molecule has 0 saturated carbocycles. The van der Waals surface area contributed by atoms with Gasteiger partial charge in [-0.25, -0.2) is 0 Å². The molecular weight excluding hydrogens is 629 g/mol. The van der Waals surface area contributed by atoms with Gasteiger partial charge in [0.25, 0.3) is 0 Å². The topological polar surface area (TPSA) is 13.1 Å². The molecule has 1 heterocycles. The van der Waals surface area contributed by atoms with Crippen molar-refractivity contribution in [2.24, 2.45) is 0 Å². The van der Waals surface area contributed by atoms with Crippen molar-refractivity contribution in [1.29, 1.82) is 0 Å². The molecule has 0 radical (unpaired) electrons. The van der Waals surface area contributed by atoms with Gasteiger partial charge in [-0.1, -0.05) is 169 Å². The minimum atomic E-state index is -1.10. The molecule has 0 saturated heterocycles. The molecule has 0 aliphatic heterocycles. The van der Waals surface area contributed by atoms with Crippen LogP contribution in [-0.2, 0) is 6.42 Å². The maximum Gasteiger partial charge on any atom is 0.143 e. The largest absolute Gasteiger partial charge is 0.455 e. The van der Waals surface area contributed by atoms with Gasteiger partial charge >= 0.3 is 0 Å². The van der Waals surface area contributed by atoms with Crippen molar-refractivity contribution in [3.8, 4) is 22.3 Å². The fraction of sp³-hybridized carbons (Fsp3) is 0.0196. The molecule has 52 heavy (non-hydrogen) atoms. The summed E-state index contributed by atoms with van der Waals surface area (Å²) in [6.07, 6.45) is -0.935. The van der Waals surface area contributed by atoms with E-state index >= 15 is 0 Å². The highest BCUT2D eigenvalue weighted by Crippen LogP contribution is 2.43. The van der Waals surface area contributed by atoms with Gasteiger partial charge in [-0.15, -0.1) is 0 Å². The first-order valence-electron chi connectivity index (χ1n) is 30.6. The molecule has 0 aliphatic rings. The number of rotatable bonds is 4. The van der Waals surface area contributed by atoms with Crippen LogP contribution in [-0.4, -0.2) is 0 Å². The van der Waals surface area contributed by atoms with Crippen molar-refractivity contribution in [2.75, 3.05) is 0 Å². The van der Waals surface area contributed by atoms with E-state index in [-0.39, 0.29) is 0 Å². The first kappa shape index (κ1) is 12.2. The van der Waals surface area contributed by atoms with Gasteiger partial charge in [0.15, 0.2) is 0 Å². The van der Waals surface area contributed by atoms with E-state index in [1.807, 2.05) is 0 Å². The first-order valence-corrected chi connectivity index (χ1v) is 15.6. The Morgan fingerprint density at radius 1 is 0.404 bits per heavy atom. The molecule has 11 rings (SSSR count). The van der Waals surface area contributed by atoms with Gasteiger partial charge in [-0.3, -0.25) is 0 Å². The Morgan fingerprint density at radius 3 is 1.71 bits per heavy atom. The van der Waals surface area contributed by atoms with Gasteiger partial charge in [0.05, 0.1) is 41.1 Å². The number of furan rings is 1. The highest BCUT2D eigenvalue weighted by molar-refractivity contribution is 6.20. The lowest BCUT2D eigenvalue weighted by molar-refractivity contribution is 0.673. The van der Waals surface area contributed by atoms with E-state index in [4.69, 9.17) is 31.8 Å². The highest BCUT2D eigenvalue weighted by atomic mass is 16.3. The molecule has 0 amide bonds. The maximum atomic E-state index is 9.76. The molecule has 1 aromatic heterocycles. The molecule has 0 aliphatic carbocycles. The van der Waals surface area contributed by atoms with Crippen LogP contribution in [0.4, 0.5) is 0 Å². The van der Waals surface area contributed by atoms with E-state index in [9.17, 15) is 13.7 Å². The normalized spacial score (nSPS) is 20.0. The second-order valence-corrected chi connectivity index (χ2v) is 11.6. The van der Waals surface area contributed by atoms with Crippen LogP contribution in [0, 0.1) is 0 Å². The molecule has 1 nitrogen and oxygen atoms in total. The van der Waals surface area contributed by atoms with Crippen LogP contribution >= 0.6 is 0 Å². The molecule has 10 aromatic carbocycles. The van der Waals surface area contributed by atoms with Gasteiger partial charge in [0.1, 0.15) is 11.2 Å². The lowest BCUT2D eigenvalue weighted by Gasteiger charge is -2.19. The SMILES string of the molecule is [2H]c1c([2H])c(-c2c([2H])c([2H])c([2H])c3oc4c5c([2H])c([2H])c([2H])c([2H])c5c([2H])c([2H])c4c23)c([2H])c([2H])c1-c1c2c([2H])c([2H])c([2H])c([2H])c2c(Cc2c([2H])c3c([2H])c([2H])c([2H])c([2H])c3c3c([2H])c([2H])c([2H])c([2H])c23)c2c([2H])c([2H])c([2H])c([2H])c12. The zero-order valence-corrected chi connectivity index (χ0v) is 26.1. The smallest absolute Gasteiger partial charge is 0.143 e. The van der Waals surface area contributed by atoms with Crippen molar-refractivity contribution >= 4 is 75.8 Å². The molecule has 0 unspecified atom stereocenters. The zero-order chi connectivity index (χ0) is 60.3. The minimum absolute atomic E-state index is 0.433. The Hall–Kier alpha value is -6.70.